The maximum Gasteiger partial charge on any atom is 0.0167 e. The molecule has 0 saturated heterocycles. The van der Waals surface area contributed by atoms with Crippen LogP contribution < -0.4 is 5.73 Å². The Morgan fingerprint density at radius 3 is 2.36 bits per heavy atom. The molecule has 2 N–H and O–H groups in total. The summed E-state index contributed by atoms with van der Waals surface area (Å²) in [4.78, 5) is 2.35. The molecule has 0 bridgehead atoms. The van der Waals surface area contributed by atoms with Crippen LogP contribution in [0.2, 0.25) is 0 Å². The first-order chi connectivity index (χ1) is 5.03. The Morgan fingerprint density at radius 2 is 2.00 bits per heavy atom. The number of nitrogens with zero attached hydrogens (tertiary/aromatic N) is 1. The van der Waals surface area contributed by atoms with Crippen molar-refractivity contribution in [3.63, 3.8) is 0 Å². The maximum absolute atomic E-state index is 5.97. The lowest BCUT2D eigenvalue weighted by atomic mass is 10.2. The van der Waals surface area contributed by atoms with E-state index in [0.29, 0.717) is 6.04 Å². The third-order valence-electron chi connectivity index (χ3n) is 2.74. The Morgan fingerprint density at radius 1 is 1.45 bits per heavy atom. The van der Waals surface area contributed by atoms with Crippen LogP contribution in [0.15, 0.2) is 0 Å². The molecule has 0 spiro atoms. The van der Waals surface area contributed by atoms with Gasteiger partial charge in [0.25, 0.3) is 0 Å². The monoisotopic (exact) mass is 156 g/mol. The molecule has 2 heteroatoms. The van der Waals surface area contributed by atoms with Crippen LogP contribution in [0.4, 0.5) is 0 Å². The van der Waals surface area contributed by atoms with Crippen LogP contribution in [0.25, 0.3) is 0 Å². The van der Waals surface area contributed by atoms with E-state index >= 15 is 0 Å². The summed E-state index contributed by atoms with van der Waals surface area (Å²) < 4.78 is 0. The molecule has 2 nitrogen and oxygen atoms in total. The van der Waals surface area contributed by atoms with Crippen molar-refractivity contribution in [1.29, 1.82) is 0 Å². The highest BCUT2D eigenvalue weighted by molar-refractivity contribution is 4.98. The van der Waals surface area contributed by atoms with E-state index in [-0.39, 0.29) is 5.54 Å². The minimum absolute atomic E-state index is 0.225. The third-order valence-corrected chi connectivity index (χ3v) is 2.74. The predicted octanol–water partition coefficient (Wildman–Crippen LogP) is 1.21. The van der Waals surface area contributed by atoms with Crippen molar-refractivity contribution in [3.05, 3.63) is 0 Å². The summed E-state index contributed by atoms with van der Waals surface area (Å²) >= 11 is 0. The molecular weight excluding hydrogens is 136 g/mol. The van der Waals surface area contributed by atoms with Gasteiger partial charge < -0.3 is 10.6 Å². The van der Waals surface area contributed by atoms with Gasteiger partial charge in [0, 0.05) is 11.6 Å². The van der Waals surface area contributed by atoms with Crippen molar-refractivity contribution in [1.82, 2.24) is 4.90 Å². The van der Waals surface area contributed by atoms with E-state index in [4.69, 9.17) is 5.73 Å². The first-order valence-corrected chi connectivity index (χ1v) is 4.53. The fourth-order valence-electron chi connectivity index (χ4n) is 1.07. The van der Waals surface area contributed by atoms with Crippen molar-refractivity contribution >= 4 is 0 Å². The molecule has 1 fully saturated rings. The molecule has 0 amide bonds. The van der Waals surface area contributed by atoms with Crippen LogP contribution in [0, 0.1) is 0 Å². The van der Waals surface area contributed by atoms with Crippen LogP contribution in [0.1, 0.15) is 33.1 Å². The molecule has 66 valence electrons. The highest BCUT2D eigenvalue weighted by Crippen LogP contribution is 2.35. The average molecular weight is 156 g/mol. The van der Waals surface area contributed by atoms with Gasteiger partial charge >= 0.3 is 0 Å². The van der Waals surface area contributed by atoms with Crippen LogP contribution >= 0.6 is 0 Å². The van der Waals surface area contributed by atoms with Gasteiger partial charge in [-0.3, -0.25) is 0 Å². The SMILES string of the molecule is CC(C)N(C)CCC1(N)CC1. The molecule has 11 heavy (non-hydrogen) atoms. The highest BCUT2D eigenvalue weighted by atomic mass is 15.1. The fraction of sp³-hybridized carbons (Fsp3) is 1.00. The minimum Gasteiger partial charge on any atom is -0.325 e. The number of hydrogen-bond donors (Lipinski definition) is 1. The Balaban J connectivity index is 2.11. The molecule has 0 aliphatic heterocycles. The van der Waals surface area contributed by atoms with E-state index in [1.165, 1.54) is 19.3 Å². The molecule has 0 aromatic rings. The molecule has 1 aliphatic carbocycles. The summed E-state index contributed by atoms with van der Waals surface area (Å²) in [5, 5.41) is 0. The molecule has 0 unspecified atom stereocenters. The first-order valence-electron chi connectivity index (χ1n) is 4.53. The second-order valence-corrected chi connectivity index (χ2v) is 4.19. The Bertz CT molecular complexity index is 128. The predicted molar refractivity (Wildman–Crippen MR) is 48.5 cm³/mol. The lowest BCUT2D eigenvalue weighted by Crippen LogP contribution is -2.33. The largest absolute Gasteiger partial charge is 0.325 e. The summed E-state index contributed by atoms with van der Waals surface area (Å²) in [7, 11) is 2.16. The van der Waals surface area contributed by atoms with E-state index in [0.717, 1.165) is 6.54 Å². The van der Waals surface area contributed by atoms with Crippen LogP contribution in [0.3, 0.4) is 0 Å². The van der Waals surface area contributed by atoms with Gasteiger partial charge in [0.2, 0.25) is 0 Å². The lowest BCUT2D eigenvalue weighted by Gasteiger charge is -2.22. The third kappa shape index (κ3) is 2.80. The maximum atomic E-state index is 5.97. The van der Waals surface area contributed by atoms with Gasteiger partial charge in [0.1, 0.15) is 0 Å². The van der Waals surface area contributed by atoms with Gasteiger partial charge in [-0.2, -0.15) is 0 Å². The minimum atomic E-state index is 0.225. The van der Waals surface area contributed by atoms with E-state index in [2.05, 4.69) is 25.8 Å². The first kappa shape index (κ1) is 9.01. The van der Waals surface area contributed by atoms with Crippen molar-refractivity contribution in [2.45, 2.75) is 44.7 Å². The van der Waals surface area contributed by atoms with Gasteiger partial charge in [0.05, 0.1) is 0 Å². The summed E-state index contributed by atoms with van der Waals surface area (Å²) in [6.45, 7) is 5.58. The normalized spacial score (nSPS) is 21.3. The Hall–Kier alpha value is -0.0800. The lowest BCUT2D eigenvalue weighted by molar-refractivity contribution is 0.260. The second-order valence-electron chi connectivity index (χ2n) is 4.19. The molecule has 0 atom stereocenters. The van der Waals surface area contributed by atoms with Crippen LogP contribution in [-0.2, 0) is 0 Å². The second kappa shape index (κ2) is 3.11. The number of nitrogens with two attached hydrogens (primary N) is 1. The Labute approximate surface area is 69.8 Å². The molecular formula is C9H20N2. The van der Waals surface area contributed by atoms with E-state index in [1.54, 1.807) is 0 Å². The topological polar surface area (TPSA) is 29.3 Å². The molecule has 1 saturated carbocycles. The Kier molecular flexibility index (Phi) is 2.55. The van der Waals surface area contributed by atoms with Gasteiger partial charge in [0.15, 0.2) is 0 Å². The van der Waals surface area contributed by atoms with Crippen LogP contribution in [0.5, 0.6) is 0 Å². The molecule has 0 heterocycles. The van der Waals surface area contributed by atoms with Crippen molar-refractivity contribution in [3.8, 4) is 0 Å². The quantitative estimate of drug-likeness (QED) is 0.663. The van der Waals surface area contributed by atoms with E-state index < -0.39 is 0 Å². The molecule has 0 aromatic heterocycles. The van der Waals surface area contributed by atoms with Crippen molar-refractivity contribution in [2.75, 3.05) is 13.6 Å². The zero-order valence-electron chi connectivity index (χ0n) is 7.93. The van der Waals surface area contributed by atoms with Gasteiger partial charge in [-0.15, -0.1) is 0 Å². The average Bonchev–Trinajstić information content (AvgIpc) is 2.64. The fourth-order valence-corrected chi connectivity index (χ4v) is 1.07. The highest BCUT2D eigenvalue weighted by Gasteiger charge is 2.37. The smallest absolute Gasteiger partial charge is 0.0167 e. The summed E-state index contributed by atoms with van der Waals surface area (Å²) in [6, 6.07) is 0.650. The standard InChI is InChI=1S/C9H20N2/c1-8(2)11(3)7-6-9(10)4-5-9/h8H,4-7,10H2,1-3H3. The van der Waals surface area contributed by atoms with E-state index in [9.17, 15) is 0 Å². The summed E-state index contributed by atoms with van der Waals surface area (Å²) in [5.74, 6) is 0. The summed E-state index contributed by atoms with van der Waals surface area (Å²) in [5.41, 5.74) is 6.19. The van der Waals surface area contributed by atoms with Crippen molar-refractivity contribution in [2.24, 2.45) is 5.73 Å². The van der Waals surface area contributed by atoms with Gasteiger partial charge in [-0.25, -0.2) is 0 Å². The van der Waals surface area contributed by atoms with Gasteiger partial charge in [-0.05, 0) is 46.7 Å². The summed E-state index contributed by atoms with van der Waals surface area (Å²) in [6.07, 6.45) is 3.64. The number of rotatable bonds is 4. The van der Waals surface area contributed by atoms with Crippen molar-refractivity contribution < 1.29 is 0 Å². The molecule has 1 aliphatic rings. The van der Waals surface area contributed by atoms with Crippen LogP contribution in [-0.4, -0.2) is 30.1 Å². The zero-order valence-corrected chi connectivity index (χ0v) is 7.93. The molecule has 0 aromatic carbocycles. The molecule has 1 rings (SSSR count). The van der Waals surface area contributed by atoms with Gasteiger partial charge in [-0.1, -0.05) is 0 Å². The number of hydrogen-bond acceptors (Lipinski definition) is 2. The zero-order chi connectivity index (χ0) is 8.48. The van der Waals surface area contributed by atoms with E-state index in [1.807, 2.05) is 0 Å². The molecule has 0 radical (unpaired) electrons.